The van der Waals surface area contributed by atoms with Crippen molar-refractivity contribution in [2.45, 2.75) is 24.2 Å². The lowest BCUT2D eigenvalue weighted by molar-refractivity contribution is 0.414. The number of methoxy groups -OCH3 is 1. The Morgan fingerprint density at radius 1 is 1.00 bits per heavy atom. The topological polar surface area (TPSA) is 79.8 Å². The fourth-order valence-corrected chi connectivity index (χ4v) is 3.41. The van der Waals surface area contributed by atoms with Gasteiger partial charge in [-0.05, 0) is 54.7 Å². The lowest BCUT2D eigenvalue weighted by Crippen LogP contribution is -2.38. The standard InChI is InChI=1S/C21H29N3O3S.HI/c1-22-21(23-14-5-7-18-6-4-8-19(16-18)27-2)24-15-13-17-9-11-20(12-10-17)28(3,25)26;/h4,6,8-12,16H,5,7,13-15H2,1-3H3,(H2,22,23,24);1H. The molecule has 0 aromatic heterocycles. The summed E-state index contributed by atoms with van der Waals surface area (Å²) in [6, 6.07) is 15.1. The van der Waals surface area contributed by atoms with Gasteiger partial charge in [0.1, 0.15) is 5.75 Å². The lowest BCUT2D eigenvalue weighted by atomic mass is 10.1. The Labute approximate surface area is 191 Å². The summed E-state index contributed by atoms with van der Waals surface area (Å²) in [5, 5.41) is 6.59. The summed E-state index contributed by atoms with van der Waals surface area (Å²) in [7, 11) is 0.279. The fraction of sp³-hybridized carbons (Fsp3) is 0.381. The molecule has 0 unspecified atom stereocenters. The minimum absolute atomic E-state index is 0. The highest BCUT2D eigenvalue weighted by Gasteiger charge is 2.06. The van der Waals surface area contributed by atoms with Crippen LogP contribution < -0.4 is 15.4 Å². The van der Waals surface area contributed by atoms with E-state index >= 15 is 0 Å². The van der Waals surface area contributed by atoms with Crippen molar-refractivity contribution in [2.75, 3.05) is 33.5 Å². The van der Waals surface area contributed by atoms with E-state index in [1.54, 1.807) is 26.3 Å². The molecule has 0 amide bonds. The van der Waals surface area contributed by atoms with Crippen molar-refractivity contribution in [3.63, 3.8) is 0 Å². The van der Waals surface area contributed by atoms with Gasteiger partial charge in [-0.15, -0.1) is 24.0 Å². The van der Waals surface area contributed by atoms with Crippen LogP contribution in [0.5, 0.6) is 5.75 Å². The third-order valence-electron chi connectivity index (χ3n) is 4.35. The van der Waals surface area contributed by atoms with Crippen molar-refractivity contribution >= 4 is 39.8 Å². The van der Waals surface area contributed by atoms with Crippen LogP contribution in [0.15, 0.2) is 58.4 Å². The Morgan fingerprint density at radius 2 is 1.69 bits per heavy atom. The summed E-state index contributed by atoms with van der Waals surface area (Å²) in [6.45, 7) is 1.54. The molecule has 0 spiro atoms. The number of halogens is 1. The van der Waals surface area contributed by atoms with E-state index in [4.69, 9.17) is 4.74 Å². The second kappa shape index (κ2) is 12.7. The van der Waals surface area contributed by atoms with E-state index in [9.17, 15) is 8.42 Å². The monoisotopic (exact) mass is 531 g/mol. The van der Waals surface area contributed by atoms with Crippen LogP contribution in [0.1, 0.15) is 17.5 Å². The number of aryl methyl sites for hydroxylation is 1. The Kier molecular flexibility index (Phi) is 11.0. The summed E-state index contributed by atoms with van der Waals surface area (Å²) in [6.07, 6.45) is 3.96. The molecule has 2 aromatic carbocycles. The molecule has 0 fully saturated rings. The van der Waals surface area contributed by atoms with Crippen molar-refractivity contribution in [2.24, 2.45) is 4.99 Å². The van der Waals surface area contributed by atoms with Crippen molar-refractivity contribution < 1.29 is 13.2 Å². The van der Waals surface area contributed by atoms with E-state index in [1.807, 2.05) is 24.3 Å². The quantitative estimate of drug-likeness (QED) is 0.225. The Balaban J connectivity index is 0.00000420. The molecule has 29 heavy (non-hydrogen) atoms. The molecular weight excluding hydrogens is 501 g/mol. The number of guanidine groups is 1. The van der Waals surface area contributed by atoms with Gasteiger partial charge in [-0.2, -0.15) is 0 Å². The fourth-order valence-electron chi connectivity index (χ4n) is 2.78. The van der Waals surface area contributed by atoms with Crippen LogP contribution in [0.4, 0.5) is 0 Å². The molecule has 0 saturated heterocycles. The van der Waals surface area contributed by atoms with Gasteiger partial charge in [-0.25, -0.2) is 8.42 Å². The summed E-state index contributed by atoms with van der Waals surface area (Å²) in [4.78, 5) is 4.58. The van der Waals surface area contributed by atoms with Crippen LogP contribution in [0.3, 0.4) is 0 Å². The van der Waals surface area contributed by atoms with Gasteiger partial charge in [-0.1, -0.05) is 24.3 Å². The average molecular weight is 531 g/mol. The van der Waals surface area contributed by atoms with E-state index in [0.29, 0.717) is 11.4 Å². The number of hydrogen-bond donors (Lipinski definition) is 2. The van der Waals surface area contributed by atoms with Crippen LogP contribution in [0, 0.1) is 0 Å². The number of hydrogen-bond acceptors (Lipinski definition) is 4. The zero-order valence-corrected chi connectivity index (χ0v) is 20.3. The van der Waals surface area contributed by atoms with Gasteiger partial charge in [0.25, 0.3) is 0 Å². The number of nitrogens with one attached hydrogen (secondary N) is 2. The molecule has 0 radical (unpaired) electrons. The van der Waals surface area contributed by atoms with Gasteiger partial charge in [0.05, 0.1) is 12.0 Å². The molecule has 8 heteroatoms. The van der Waals surface area contributed by atoms with Gasteiger partial charge in [0, 0.05) is 26.4 Å². The third-order valence-corrected chi connectivity index (χ3v) is 5.48. The highest BCUT2D eigenvalue weighted by Crippen LogP contribution is 2.13. The molecule has 0 aliphatic carbocycles. The minimum atomic E-state index is -3.15. The first-order chi connectivity index (χ1) is 13.4. The molecule has 160 valence electrons. The van der Waals surface area contributed by atoms with E-state index in [-0.39, 0.29) is 24.0 Å². The smallest absolute Gasteiger partial charge is 0.190 e. The number of ether oxygens (including phenoxy) is 1. The third kappa shape index (κ3) is 9.03. The summed E-state index contributed by atoms with van der Waals surface area (Å²) in [5.41, 5.74) is 2.33. The van der Waals surface area contributed by atoms with Gasteiger partial charge >= 0.3 is 0 Å². The second-order valence-electron chi connectivity index (χ2n) is 6.55. The molecule has 0 atom stereocenters. The SMILES string of the molecule is CN=C(NCCCc1cccc(OC)c1)NCCc1ccc(S(C)(=O)=O)cc1.I. The van der Waals surface area contributed by atoms with Gasteiger partial charge < -0.3 is 15.4 Å². The van der Waals surface area contributed by atoms with Crippen molar-refractivity contribution in [3.8, 4) is 5.75 Å². The predicted molar refractivity (Wildman–Crippen MR) is 129 cm³/mol. The largest absolute Gasteiger partial charge is 0.497 e. The number of sulfone groups is 1. The van der Waals surface area contributed by atoms with E-state index in [2.05, 4.69) is 27.8 Å². The first-order valence-corrected chi connectivity index (χ1v) is 11.2. The van der Waals surface area contributed by atoms with Crippen LogP contribution >= 0.6 is 24.0 Å². The minimum Gasteiger partial charge on any atom is -0.497 e. The number of nitrogens with zero attached hydrogens (tertiary/aromatic N) is 1. The molecule has 0 bridgehead atoms. The summed E-state index contributed by atoms with van der Waals surface area (Å²) >= 11 is 0. The molecule has 6 nitrogen and oxygen atoms in total. The maximum atomic E-state index is 11.5. The van der Waals surface area contributed by atoms with Crippen LogP contribution in [-0.4, -0.2) is 47.9 Å². The summed E-state index contributed by atoms with van der Waals surface area (Å²) in [5.74, 6) is 1.64. The predicted octanol–water partition coefficient (Wildman–Crippen LogP) is 3.06. The normalized spacial score (nSPS) is 11.5. The van der Waals surface area contributed by atoms with Crippen molar-refractivity contribution in [3.05, 3.63) is 59.7 Å². The van der Waals surface area contributed by atoms with Crippen LogP contribution in [0.2, 0.25) is 0 Å². The number of benzene rings is 2. The molecule has 0 aliphatic heterocycles. The number of aliphatic imine (C=N–C) groups is 1. The van der Waals surface area contributed by atoms with Crippen molar-refractivity contribution in [1.29, 1.82) is 0 Å². The van der Waals surface area contributed by atoms with E-state index in [1.165, 1.54) is 11.8 Å². The number of rotatable bonds is 9. The molecule has 2 rings (SSSR count). The highest BCUT2D eigenvalue weighted by atomic mass is 127. The molecule has 0 heterocycles. The van der Waals surface area contributed by atoms with Crippen molar-refractivity contribution in [1.82, 2.24) is 10.6 Å². The van der Waals surface area contributed by atoms with E-state index in [0.717, 1.165) is 43.1 Å². The Morgan fingerprint density at radius 3 is 2.31 bits per heavy atom. The molecule has 2 aromatic rings. The molecule has 0 aliphatic rings. The van der Waals surface area contributed by atoms with Gasteiger partial charge in [0.15, 0.2) is 15.8 Å². The Bertz CT molecular complexity index is 884. The molecular formula is C21H30IN3O3S. The Hall–Kier alpha value is -1.81. The van der Waals surface area contributed by atoms with Gasteiger partial charge in [-0.3, -0.25) is 4.99 Å². The van der Waals surface area contributed by atoms with E-state index < -0.39 is 9.84 Å². The molecule has 0 saturated carbocycles. The first kappa shape index (κ1) is 25.2. The first-order valence-electron chi connectivity index (χ1n) is 9.29. The van der Waals surface area contributed by atoms with Gasteiger partial charge in [0.2, 0.25) is 0 Å². The highest BCUT2D eigenvalue weighted by molar-refractivity contribution is 14.0. The average Bonchev–Trinajstić information content (AvgIpc) is 2.69. The lowest BCUT2D eigenvalue weighted by Gasteiger charge is -2.12. The maximum absolute atomic E-state index is 11.5. The summed E-state index contributed by atoms with van der Waals surface area (Å²) < 4.78 is 28.2. The van der Waals surface area contributed by atoms with Crippen LogP contribution in [-0.2, 0) is 22.7 Å². The second-order valence-corrected chi connectivity index (χ2v) is 8.56. The zero-order chi connectivity index (χ0) is 20.4. The molecule has 2 N–H and O–H groups in total. The maximum Gasteiger partial charge on any atom is 0.190 e. The van der Waals surface area contributed by atoms with Crippen LogP contribution in [0.25, 0.3) is 0 Å². The zero-order valence-electron chi connectivity index (χ0n) is 17.1.